The molecule has 5 heteroatoms. The zero-order chi connectivity index (χ0) is 35.2. The van der Waals surface area contributed by atoms with Crippen molar-refractivity contribution >= 4 is 72.6 Å². The summed E-state index contributed by atoms with van der Waals surface area (Å²) in [6, 6.07) is 30.3. The highest BCUT2D eigenvalue weighted by molar-refractivity contribution is 7.00. The first-order valence-electron chi connectivity index (χ1n) is 20.2. The molecule has 0 unspecified atom stereocenters. The summed E-state index contributed by atoms with van der Waals surface area (Å²) in [4.78, 5) is 0. The predicted molar refractivity (Wildman–Crippen MR) is 219 cm³/mol. The lowest BCUT2D eigenvalue weighted by Crippen LogP contribution is -2.58. The van der Waals surface area contributed by atoms with Gasteiger partial charge < -0.3 is 9.15 Å². The molecule has 5 aliphatic rings. The molecular formula is C48H43BN2O2. The van der Waals surface area contributed by atoms with Crippen LogP contribution in [0.1, 0.15) is 101 Å². The Balaban J connectivity index is 1.22. The van der Waals surface area contributed by atoms with Crippen LogP contribution >= 0.6 is 0 Å². The molecule has 0 saturated heterocycles. The van der Waals surface area contributed by atoms with Crippen LogP contribution in [0.25, 0.3) is 55.2 Å². The molecule has 3 aromatic heterocycles. The number of benzene rings is 5. The van der Waals surface area contributed by atoms with Gasteiger partial charge in [0.15, 0.2) is 0 Å². The molecule has 2 saturated carbocycles. The number of furan rings is 1. The standard InChI is InChI=1S/C48H43BN2O2/c1-27-21-36-43-40(22-27)53-39-25-32-31(47(17-7-8-18-47)26-48(32)19-9-10-20-48)24-33(39)49(43)42-30-14-16-38-41(29-11-5-6-12-37(29)52-38)44(30)51-35-23-28(46(2,3)4)13-15-34(35)50(36)45(42)51/h5-6,11-16,21-25H,7-10,17-20,26H2,1-4H3. The number of para-hydroxylation sites is 1. The molecule has 5 aromatic carbocycles. The van der Waals surface area contributed by atoms with E-state index in [2.05, 4.69) is 116 Å². The summed E-state index contributed by atoms with van der Waals surface area (Å²) in [6.45, 7) is 9.27. The maximum atomic E-state index is 7.22. The van der Waals surface area contributed by atoms with Gasteiger partial charge in [0.05, 0.1) is 21.9 Å². The van der Waals surface area contributed by atoms with Crippen molar-refractivity contribution < 1.29 is 9.15 Å². The third-order valence-corrected chi connectivity index (χ3v) is 14.7. The quantitative estimate of drug-likeness (QED) is 0.148. The molecule has 53 heavy (non-hydrogen) atoms. The normalized spacial score (nSPS) is 19.1. The first-order chi connectivity index (χ1) is 25.7. The average molecular weight is 691 g/mol. The first-order valence-corrected chi connectivity index (χ1v) is 20.2. The number of rotatable bonds is 0. The van der Waals surface area contributed by atoms with Gasteiger partial charge >= 0.3 is 0 Å². The van der Waals surface area contributed by atoms with Gasteiger partial charge in [0.25, 0.3) is 6.71 Å². The van der Waals surface area contributed by atoms with Crippen LogP contribution in [0.2, 0.25) is 0 Å². The smallest absolute Gasteiger partial charge is 0.259 e. The number of nitrogens with zero attached hydrogens (tertiary/aromatic N) is 2. The molecule has 8 aromatic rings. The number of imidazole rings is 1. The Labute approximate surface area is 309 Å². The van der Waals surface area contributed by atoms with Gasteiger partial charge in [-0.2, -0.15) is 0 Å². The van der Waals surface area contributed by atoms with E-state index < -0.39 is 0 Å². The third-order valence-electron chi connectivity index (χ3n) is 14.7. The second-order valence-electron chi connectivity index (χ2n) is 18.6. The second kappa shape index (κ2) is 9.42. The Kier molecular flexibility index (Phi) is 5.25. The van der Waals surface area contributed by atoms with Crippen molar-refractivity contribution in [1.29, 1.82) is 0 Å². The largest absolute Gasteiger partial charge is 0.458 e. The molecule has 0 radical (unpaired) electrons. The number of hydrogen-bond donors (Lipinski definition) is 0. The van der Waals surface area contributed by atoms with Crippen LogP contribution in [0, 0.1) is 6.92 Å². The number of fused-ring (bicyclic) bond motifs is 17. The van der Waals surface area contributed by atoms with Gasteiger partial charge in [-0.05, 0) is 148 Å². The highest BCUT2D eigenvalue weighted by Gasteiger charge is 2.55. The van der Waals surface area contributed by atoms with Crippen LogP contribution < -0.4 is 21.1 Å². The Hall–Kier alpha value is -4.90. The molecule has 2 fully saturated rings. The Bertz CT molecular complexity index is 2970. The molecule has 0 atom stereocenters. The summed E-state index contributed by atoms with van der Waals surface area (Å²) in [5.74, 6) is 2.11. The SMILES string of the molecule is Cc1cc2c3c(c1)-n1c4ccc(C(C)(C)C)cc4n4c5c(ccc6oc7ccccc7c65)c(c14)B3c1cc3c(cc1O2)C1(CCCC1)CC31CCCC1. The van der Waals surface area contributed by atoms with E-state index in [1.807, 2.05) is 0 Å². The van der Waals surface area contributed by atoms with E-state index >= 15 is 0 Å². The van der Waals surface area contributed by atoms with Crippen LogP contribution in [0.15, 0.2) is 83.3 Å². The zero-order valence-electron chi connectivity index (χ0n) is 31.2. The van der Waals surface area contributed by atoms with Crippen LogP contribution in [0.3, 0.4) is 0 Å². The van der Waals surface area contributed by atoms with Crippen molar-refractivity contribution in [2.45, 2.75) is 102 Å². The van der Waals surface area contributed by atoms with E-state index in [1.54, 1.807) is 11.1 Å². The number of ether oxygens (including phenoxy) is 1. The van der Waals surface area contributed by atoms with E-state index in [0.29, 0.717) is 10.8 Å². The summed E-state index contributed by atoms with van der Waals surface area (Å²) in [5, 5.41) is 3.70. The fourth-order valence-electron chi connectivity index (χ4n) is 12.6. The first kappa shape index (κ1) is 29.5. The lowest BCUT2D eigenvalue weighted by Gasteiger charge is -2.34. The Morgan fingerprint density at radius 2 is 1.45 bits per heavy atom. The molecule has 0 bridgehead atoms. The number of aromatic nitrogens is 2. The maximum absolute atomic E-state index is 7.22. The highest BCUT2D eigenvalue weighted by Crippen LogP contribution is 2.62. The molecule has 0 N–H and O–H groups in total. The summed E-state index contributed by atoms with van der Waals surface area (Å²) >= 11 is 0. The molecule has 13 rings (SSSR count). The summed E-state index contributed by atoms with van der Waals surface area (Å²) in [5.41, 5.74) is 18.8. The van der Waals surface area contributed by atoms with Gasteiger partial charge in [-0.3, -0.25) is 8.97 Å². The molecule has 4 nitrogen and oxygen atoms in total. The minimum atomic E-state index is 0.0133. The lowest BCUT2D eigenvalue weighted by atomic mass is 9.34. The monoisotopic (exact) mass is 690 g/mol. The fraction of sp³-hybridized carbons (Fsp3) is 0.333. The minimum absolute atomic E-state index is 0.0133. The molecule has 5 heterocycles. The van der Waals surface area contributed by atoms with Crippen molar-refractivity contribution in [3.05, 3.63) is 101 Å². The Morgan fingerprint density at radius 3 is 2.23 bits per heavy atom. The second-order valence-corrected chi connectivity index (χ2v) is 18.6. The molecule has 2 spiro atoms. The van der Waals surface area contributed by atoms with Gasteiger partial charge in [-0.25, -0.2) is 0 Å². The van der Waals surface area contributed by atoms with Gasteiger partial charge in [-0.1, -0.05) is 76.8 Å². The van der Waals surface area contributed by atoms with Gasteiger partial charge in [0, 0.05) is 11.1 Å². The number of aryl methyl sites for hydroxylation is 1. The van der Waals surface area contributed by atoms with E-state index in [0.717, 1.165) is 22.7 Å². The number of hydrogen-bond acceptors (Lipinski definition) is 2. The van der Waals surface area contributed by atoms with Crippen molar-refractivity contribution in [2.24, 2.45) is 0 Å². The maximum Gasteiger partial charge on any atom is 0.259 e. The van der Waals surface area contributed by atoms with Gasteiger partial charge in [0.2, 0.25) is 0 Å². The highest BCUT2D eigenvalue weighted by atomic mass is 16.5. The topological polar surface area (TPSA) is 31.7 Å². The van der Waals surface area contributed by atoms with Crippen molar-refractivity contribution in [3.63, 3.8) is 0 Å². The van der Waals surface area contributed by atoms with Crippen molar-refractivity contribution in [1.82, 2.24) is 8.97 Å². The molecule has 260 valence electrons. The zero-order valence-corrected chi connectivity index (χ0v) is 31.2. The summed E-state index contributed by atoms with van der Waals surface area (Å²) in [7, 11) is 0. The van der Waals surface area contributed by atoms with Crippen LogP contribution in [0.4, 0.5) is 0 Å². The van der Waals surface area contributed by atoms with E-state index in [1.165, 1.54) is 129 Å². The molecular weight excluding hydrogens is 647 g/mol. The van der Waals surface area contributed by atoms with Crippen LogP contribution in [-0.2, 0) is 16.2 Å². The van der Waals surface area contributed by atoms with Crippen molar-refractivity contribution in [3.8, 4) is 17.2 Å². The Morgan fingerprint density at radius 1 is 0.698 bits per heavy atom. The summed E-state index contributed by atoms with van der Waals surface area (Å²) in [6.07, 6.45) is 12.1. The van der Waals surface area contributed by atoms with Gasteiger partial charge in [-0.15, -0.1) is 0 Å². The molecule has 3 aliphatic carbocycles. The third kappa shape index (κ3) is 3.47. The van der Waals surface area contributed by atoms with Crippen LogP contribution in [0.5, 0.6) is 11.5 Å². The molecule has 2 aliphatic heterocycles. The fourth-order valence-corrected chi connectivity index (χ4v) is 12.6. The van der Waals surface area contributed by atoms with Crippen LogP contribution in [-0.4, -0.2) is 15.7 Å². The van der Waals surface area contributed by atoms with E-state index in [4.69, 9.17) is 9.15 Å². The molecule has 0 amide bonds. The van der Waals surface area contributed by atoms with Gasteiger partial charge in [0.1, 0.15) is 28.3 Å². The predicted octanol–water partition coefficient (Wildman–Crippen LogP) is 10.5. The lowest BCUT2D eigenvalue weighted by molar-refractivity contribution is 0.323. The average Bonchev–Trinajstić information content (AvgIpc) is 3.99. The minimum Gasteiger partial charge on any atom is -0.458 e. The summed E-state index contributed by atoms with van der Waals surface area (Å²) < 4.78 is 19.0. The van der Waals surface area contributed by atoms with E-state index in [9.17, 15) is 0 Å². The van der Waals surface area contributed by atoms with Crippen molar-refractivity contribution in [2.75, 3.05) is 0 Å². The van der Waals surface area contributed by atoms with E-state index in [-0.39, 0.29) is 12.1 Å².